The summed E-state index contributed by atoms with van der Waals surface area (Å²) in [6.07, 6.45) is 23.1. The van der Waals surface area contributed by atoms with Gasteiger partial charge in [-0.25, -0.2) is 0 Å². The molecule has 0 N–H and O–H groups in total. The molecule has 0 amide bonds. The summed E-state index contributed by atoms with van der Waals surface area (Å²) in [4.78, 5) is 0. The van der Waals surface area contributed by atoms with Gasteiger partial charge in [0.15, 0.2) is 0 Å². The molecule has 1 saturated carbocycles. The van der Waals surface area contributed by atoms with Crippen molar-refractivity contribution in [3.8, 4) is 0 Å². The Hall–Kier alpha value is -0.113. The van der Waals surface area contributed by atoms with E-state index in [1.165, 1.54) is 109 Å². The molecule has 0 aromatic heterocycles. The highest BCUT2D eigenvalue weighted by atomic mass is 28.3. The van der Waals surface area contributed by atoms with E-state index in [1.54, 1.807) is 0 Å². The van der Waals surface area contributed by atoms with Crippen LogP contribution in [-0.2, 0) is 4.43 Å². The molecular formula is C19H36OSi. The van der Waals surface area contributed by atoms with Gasteiger partial charge in [0.25, 0.3) is 0 Å². The molecule has 1 saturated heterocycles. The maximum absolute atomic E-state index is 6.17. The standard InChI is InChI=1S/C19H36OSi/c1-2-4-6-8-10-12-16-19(15-11-9-7-5-3-1)21-18-14-13-17-20-21/h1-18H2. The average molecular weight is 309 g/mol. The minimum Gasteiger partial charge on any atom is -0.551 e. The smallest absolute Gasteiger partial charge is 0.231 e. The summed E-state index contributed by atoms with van der Waals surface area (Å²) in [6.45, 7) is 1.05. The molecule has 0 atom stereocenters. The van der Waals surface area contributed by atoms with Crippen LogP contribution >= 0.6 is 0 Å². The lowest BCUT2D eigenvalue weighted by molar-refractivity contribution is 0.300. The van der Waals surface area contributed by atoms with Gasteiger partial charge in [0.1, 0.15) is 0 Å². The number of hydrogen-bond acceptors (Lipinski definition) is 1. The van der Waals surface area contributed by atoms with Crippen LogP contribution in [0.1, 0.15) is 103 Å². The fraction of sp³-hybridized carbons (Fsp3) is 0.947. The molecule has 0 radical (unpaired) electrons. The van der Waals surface area contributed by atoms with E-state index in [0.717, 1.165) is 6.61 Å². The van der Waals surface area contributed by atoms with Crippen LogP contribution < -0.4 is 0 Å². The number of rotatable bonds is 0. The number of hydrogen-bond donors (Lipinski definition) is 0. The highest BCUT2D eigenvalue weighted by Gasteiger charge is 2.14. The largest absolute Gasteiger partial charge is 0.551 e. The molecule has 1 heterocycles. The first-order chi connectivity index (χ1) is 10.5. The summed E-state index contributed by atoms with van der Waals surface area (Å²) in [5.41, 5.74) is 0. The quantitative estimate of drug-likeness (QED) is 0.497. The molecule has 122 valence electrons. The Labute approximate surface area is 134 Å². The van der Waals surface area contributed by atoms with Crippen LogP contribution in [0.5, 0.6) is 0 Å². The Balaban J connectivity index is 1.82. The second-order valence-corrected chi connectivity index (χ2v) is 9.42. The maximum Gasteiger partial charge on any atom is 0.231 e. The lowest BCUT2D eigenvalue weighted by atomic mass is 10.1. The van der Waals surface area contributed by atoms with E-state index in [4.69, 9.17) is 4.43 Å². The normalized spacial score (nSPS) is 24.8. The molecule has 0 aromatic rings. The minimum atomic E-state index is -0.542. The van der Waals surface area contributed by atoms with Crippen molar-refractivity contribution < 1.29 is 4.43 Å². The summed E-state index contributed by atoms with van der Waals surface area (Å²) >= 11 is 0. The fourth-order valence-electron chi connectivity index (χ4n) is 3.78. The van der Waals surface area contributed by atoms with Crippen molar-refractivity contribution >= 4 is 13.8 Å². The fourth-order valence-corrected chi connectivity index (χ4v) is 6.36. The van der Waals surface area contributed by atoms with Crippen LogP contribution in [0.15, 0.2) is 0 Å². The van der Waals surface area contributed by atoms with Crippen molar-refractivity contribution in [3.05, 3.63) is 0 Å². The lowest BCUT2D eigenvalue weighted by Crippen LogP contribution is -2.24. The van der Waals surface area contributed by atoms with E-state index >= 15 is 0 Å². The molecule has 2 heteroatoms. The highest BCUT2D eigenvalue weighted by molar-refractivity contribution is 6.66. The first-order valence-corrected chi connectivity index (χ1v) is 11.4. The zero-order chi connectivity index (χ0) is 14.6. The van der Waals surface area contributed by atoms with Crippen LogP contribution in [-0.4, -0.2) is 20.4 Å². The van der Waals surface area contributed by atoms with Gasteiger partial charge in [0, 0.05) is 0 Å². The molecule has 2 fully saturated rings. The minimum absolute atomic E-state index is 0.542. The third-order valence-electron chi connectivity index (χ3n) is 5.18. The lowest BCUT2D eigenvalue weighted by Gasteiger charge is -2.20. The molecule has 1 nitrogen and oxygen atoms in total. The van der Waals surface area contributed by atoms with E-state index < -0.39 is 8.65 Å². The average Bonchev–Trinajstić information content (AvgIpc) is 2.54. The predicted molar refractivity (Wildman–Crippen MR) is 95.4 cm³/mol. The second-order valence-electron chi connectivity index (χ2n) is 7.07. The summed E-state index contributed by atoms with van der Waals surface area (Å²) in [5, 5.41) is 1.87. The Morgan fingerprint density at radius 1 is 0.524 bits per heavy atom. The van der Waals surface area contributed by atoms with E-state index in [9.17, 15) is 0 Å². The zero-order valence-corrected chi connectivity index (χ0v) is 15.1. The molecule has 21 heavy (non-hydrogen) atoms. The molecule has 2 rings (SSSR count). The molecule has 0 aromatic carbocycles. The molecule has 1 aliphatic carbocycles. The van der Waals surface area contributed by atoms with Crippen molar-refractivity contribution in [3.63, 3.8) is 0 Å². The molecule has 0 spiro atoms. The van der Waals surface area contributed by atoms with E-state index in [2.05, 4.69) is 0 Å². The highest BCUT2D eigenvalue weighted by Crippen LogP contribution is 2.17. The Bertz CT molecular complexity index is 272. The van der Waals surface area contributed by atoms with Gasteiger partial charge in [0.05, 0.1) is 6.61 Å². The van der Waals surface area contributed by atoms with Crippen LogP contribution in [0.4, 0.5) is 0 Å². The van der Waals surface area contributed by atoms with E-state index in [0.29, 0.717) is 0 Å². The monoisotopic (exact) mass is 308 g/mol. The molecule has 0 unspecified atom stereocenters. The summed E-state index contributed by atoms with van der Waals surface area (Å²) in [6, 6.07) is 1.40. The van der Waals surface area contributed by atoms with Gasteiger partial charge in [0.2, 0.25) is 8.65 Å². The Morgan fingerprint density at radius 3 is 1.43 bits per heavy atom. The van der Waals surface area contributed by atoms with Gasteiger partial charge >= 0.3 is 0 Å². The van der Waals surface area contributed by atoms with Crippen molar-refractivity contribution in [1.82, 2.24) is 0 Å². The SMILES string of the molecule is C1CCCCCCCC(=[Si]2CCCCO2)CCCCCC1. The second kappa shape index (κ2) is 11.5. The summed E-state index contributed by atoms with van der Waals surface area (Å²) in [7, 11) is -0.542. The Morgan fingerprint density at radius 2 is 1.00 bits per heavy atom. The van der Waals surface area contributed by atoms with Crippen LogP contribution in [0, 0.1) is 0 Å². The van der Waals surface area contributed by atoms with Crippen molar-refractivity contribution in [2.24, 2.45) is 0 Å². The first kappa shape index (κ1) is 17.2. The molecule has 1 aliphatic heterocycles. The van der Waals surface area contributed by atoms with Crippen molar-refractivity contribution in [2.45, 2.75) is 109 Å². The predicted octanol–water partition coefficient (Wildman–Crippen LogP) is 6.02. The van der Waals surface area contributed by atoms with Gasteiger partial charge < -0.3 is 4.43 Å². The van der Waals surface area contributed by atoms with E-state index in [-0.39, 0.29) is 0 Å². The van der Waals surface area contributed by atoms with Gasteiger partial charge in [-0.2, -0.15) is 0 Å². The van der Waals surface area contributed by atoms with Crippen LogP contribution in [0.25, 0.3) is 0 Å². The molecular weight excluding hydrogens is 272 g/mol. The summed E-state index contributed by atoms with van der Waals surface area (Å²) < 4.78 is 6.17. The topological polar surface area (TPSA) is 9.23 Å². The maximum atomic E-state index is 6.17. The van der Waals surface area contributed by atoms with Crippen LogP contribution in [0.3, 0.4) is 0 Å². The van der Waals surface area contributed by atoms with Crippen molar-refractivity contribution in [1.29, 1.82) is 0 Å². The van der Waals surface area contributed by atoms with Crippen LogP contribution in [0.2, 0.25) is 6.04 Å². The summed E-state index contributed by atoms with van der Waals surface area (Å²) in [5.74, 6) is 0. The third-order valence-corrected chi connectivity index (χ3v) is 7.82. The third kappa shape index (κ3) is 7.62. The molecule has 0 bridgehead atoms. The van der Waals surface area contributed by atoms with Gasteiger partial charge in [-0.05, 0) is 44.6 Å². The zero-order valence-electron chi connectivity index (χ0n) is 14.1. The molecule has 2 aliphatic rings. The first-order valence-electron chi connectivity index (χ1n) is 9.80. The van der Waals surface area contributed by atoms with E-state index in [1.807, 2.05) is 5.17 Å². The van der Waals surface area contributed by atoms with Gasteiger partial charge in [-0.3, -0.25) is 0 Å². The van der Waals surface area contributed by atoms with Crippen molar-refractivity contribution in [2.75, 3.05) is 6.61 Å². The Kier molecular flexibility index (Phi) is 9.41. The van der Waals surface area contributed by atoms with Gasteiger partial charge in [-0.1, -0.05) is 69.4 Å². The van der Waals surface area contributed by atoms with Gasteiger partial charge in [-0.15, -0.1) is 0 Å².